The fourth-order valence-corrected chi connectivity index (χ4v) is 2.75. The Morgan fingerprint density at radius 3 is 2.09 bits per heavy atom. The molecular formula is C19H22ClNO2. The van der Waals surface area contributed by atoms with E-state index in [0.717, 1.165) is 0 Å². The van der Waals surface area contributed by atoms with Crippen molar-refractivity contribution in [2.45, 2.75) is 19.0 Å². The number of nitrogens with one attached hydrogen (secondary N) is 1. The molecule has 0 radical (unpaired) electrons. The van der Waals surface area contributed by atoms with Gasteiger partial charge in [0, 0.05) is 6.54 Å². The van der Waals surface area contributed by atoms with Crippen LogP contribution in [0, 0.1) is 0 Å². The first kappa shape index (κ1) is 17.7. The largest absolute Gasteiger partial charge is 0.394 e. The van der Waals surface area contributed by atoms with Gasteiger partial charge < -0.3 is 15.5 Å². The summed E-state index contributed by atoms with van der Waals surface area (Å²) in [5, 5.41) is 27.0. The van der Waals surface area contributed by atoms with Gasteiger partial charge in [0.25, 0.3) is 0 Å². The lowest BCUT2D eigenvalue weighted by atomic mass is 9.96. The van der Waals surface area contributed by atoms with Crippen molar-refractivity contribution in [2.75, 3.05) is 13.2 Å². The molecule has 0 atom stereocenters. The molecule has 0 aromatic heterocycles. The van der Waals surface area contributed by atoms with Crippen molar-refractivity contribution in [3.05, 3.63) is 60.2 Å². The van der Waals surface area contributed by atoms with E-state index in [1.54, 1.807) is 0 Å². The van der Waals surface area contributed by atoms with Crippen LogP contribution in [0.1, 0.15) is 12.5 Å². The molecule has 0 aliphatic carbocycles. The van der Waals surface area contributed by atoms with Gasteiger partial charge in [0.15, 0.2) is 0 Å². The third-order valence-corrected chi connectivity index (χ3v) is 4.26. The van der Waals surface area contributed by atoms with Crippen molar-refractivity contribution >= 4 is 34.0 Å². The molecule has 3 rings (SSSR count). The maximum absolute atomic E-state index is 9.43. The van der Waals surface area contributed by atoms with Crippen LogP contribution in [0.2, 0.25) is 0 Å². The van der Waals surface area contributed by atoms with Crippen molar-refractivity contribution in [3.8, 4) is 0 Å². The van der Waals surface area contributed by atoms with Crippen LogP contribution in [0.15, 0.2) is 54.6 Å². The van der Waals surface area contributed by atoms with E-state index < -0.39 is 5.54 Å². The Kier molecular flexibility index (Phi) is 5.60. The number of halogens is 1. The smallest absolute Gasteiger partial charge is 0.0633 e. The normalized spacial score (nSPS) is 11.6. The Morgan fingerprint density at radius 1 is 0.870 bits per heavy atom. The van der Waals surface area contributed by atoms with Gasteiger partial charge in [-0.3, -0.25) is 0 Å². The van der Waals surface area contributed by atoms with Gasteiger partial charge >= 0.3 is 0 Å². The van der Waals surface area contributed by atoms with Crippen molar-refractivity contribution < 1.29 is 10.2 Å². The van der Waals surface area contributed by atoms with Crippen LogP contribution in [-0.4, -0.2) is 29.0 Å². The second-order valence-electron chi connectivity index (χ2n) is 6.03. The molecule has 3 aromatic rings. The number of benzene rings is 3. The summed E-state index contributed by atoms with van der Waals surface area (Å²) in [4.78, 5) is 0. The Morgan fingerprint density at radius 2 is 1.43 bits per heavy atom. The van der Waals surface area contributed by atoms with Gasteiger partial charge in [-0.05, 0) is 40.1 Å². The van der Waals surface area contributed by atoms with Crippen LogP contribution in [0.4, 0.5) is 0 Å². The SMILES string of the molecule is CC(CO)(CO)NCc1cc2ccccc2c2ccccc12.Cl. The van der Waals surface area contributed by atoms with E-state index in [2.05, 4.69) is 47.8 Å². The molecule has 0 spiro atoms. The van der Waals surface area contributed by atoms with Gasteiger partial charge in [-0.25, -0.2) is 0 Å². The standard InChI is InChI=1S/C19H21NO2.ClH/c1-19(12-21,13-22)20-11-15-10-14-6-2-3-7-16(14)18-9-5-4-8-17(15)18;/h2-10,20-22H,11-13H2,1H3;1H. The maximum atomic E-state index is 9.43. The van der Waals surface area contributed by atoms with Crippen molar-refractivity contribution in [1.82, 2.24) is 5.32 Å². The molecule has 0 aliphatic rings. The molecule has 0 fully saturated rings. The first-order chi connectivity index (χ1) is 10.7. The minimum Gasteiger partial charge on any atom is -0.394 e. The van der Waals surface area contributed by atoms with Gasteiger partial charge in [-0.15, -0.1) is 12.4 Å². The Balaban J connectivity index is 0.00000192. The minimum atomic E-state index is -0.674. The number of hydrogen-bond donors (Lipinski definition) is 3. The van der Waals surface area contributed by atoms with Gasteiger partial charge in [-0.2, -0.15) is 0 Å². The Bertz CT molecular complexity index is 800. The average molecular weight is 332 g/mol. The van der Waals surface area contributed by atoms with E-state index in [0.29, 0.717) is 6.54 Å². The topological polar surface area (TPSA) is 52.5 Å². The second-order valence-corrected chi connectivity index (χ2v) is 6.03. The summed E-state index contributed by atoms with van der Waals surface area (Å²) >= 11 is 0. The summed E-state index contributed by atoms with van der Waals surface area (Å²) in [5.74, 6) is 0. The fraction of sp³-hybridized carbons (Fsp3) is 0.263. The maximum Gasteiger partial charge on any atom is 0.0633 e. The summed E-state index contributed by atoms with van der Waals surface area (Å²) in [5.41, 5.74) is 0.495. The van der Waals surface area contributed by atoms with E-state index in [-0.39, 0.29) is 25.6 Å². The highest BCUT2D eigenvalue weighted by Crippen LogP contribution is 2.28. The van der Waals surface area contributed by atoms with Crippen molar-refractivity contribution in [3.63, 3.8) is 0 Å². The lowest BCUT2D eigenvalue weighted by Crippen LogP contribution is -2.48. The molecule has 0 saturated carbocycles. The predicted octanol–water partition coefficient (Wildman–Crippen LogP) is 3.25. The first-order valence-corrected chi connectivity index (χ1v) is 7.53. The molecule has 23 heavy (non-hydrogen) atoms. The highest BCUT2D eigenvalue weighted by atomic mass is 35.5. The average Bonchev–Trinajstić information content (AvgIpc) is 2.59. The molecule has 0 bridgehead atoms. The number of rotatable bonds is 5. The number of aliphatic hydroxyl groups excluding tert-OH is 2. The number of aliphatic hydroxyl groups is 2. The molecule has 0 unspecified atom stereocenters. The highest BCUT2D eigenvalue weighted by molar-refractivity contribution is 6.08. The van der Waals surface area contributed by atoms with Crippen molar-refractivity contribution in [2.24, 2.45) is 0 Å². The quantitative estimate of drug-likeness (QED) is 0.629. The summed E-state index contributed by atoms with van der Waals surface area (Å²) in [6.45, 7) is 2.21. The lowest BCUT2D eigenvalue weighted by Gasteiger charge is -2.26. The Labute approximate surface area is 142 Å². The molecule has 3 N–H and O–H groups in total. The van der Waals surface area contributed by atoms with E-state index in [4.69, 9.17) is 0 Å². The van der Waals surface area contributed by atoms with E-state index in [9.17, 15) is 10.2 Å². The molecule has 0 heterocycles. The number of hydrogen-bond acceptors (Lipinski definition) is 3. The van der Waals surface area contributed by atoms with Crippen molar-refractivity contribution in [1.29, 1.82) is 0 Å². The van der Waals surface area contributed by atoms with Gasteiger partial charge in [0.2, 0.25) is 0 Å². The predicted molar refractivity (Wildman–Crippen MR) is 98.1 cm³/mol. The fourth-order valence-electron chi connectivity index (χ4n) is 2.75. The molecule has 0 aliphatic heterocycles. The zero-order chi connectivity index (χ0) is 15.6. The number of fused-ring (bicyclic) bond motifs is 3. The zero-order valence-corrected chi connectivity index (χ0v) is 13.9. The molecule has 4 heteroatoms. The van der Waals surface area contributed by atoms with Crippen LogP contribution >= 0.6 is 12.4 Å². The lowest BCUT2D eigenvalue weighted by molar-refractivity contribution is 0.103. The molecule has 3 aromatic carbocycles. The van der Waals surface area contributed by atoms with Crippen LogP contribution in [0.3, 0.4) is 0 Å². The Hall–Kier alpha value is -1.65. The van der Waals surface area contributed by atoms with Crippen LogP contribution < -0.4 is 5.32 Å². The van der Waals surface area contributed by atoms with Gasteiger partial charge in [-0.1, -0.05) is 48.5 Å². The molecule has 3 nitrogen and oxygen atoms in total. The van der Waals surface area contributed by atoms with Crippen LogP contribution in [-0.2, 0) is 6.54 Å². The van der Waals surface area contributed by atoms with Crippen LogP contribution in [0.5, 0.6) is 0 Å². The summed E-state index contributed by atoms with van der Waals surface area (Å²) in [6.07, 6.45) is 0. The zero-order valence-electron chi connectivity index (χ0n) is 13.1. The van der Waals surface area contributed by atoms with Gasteiger partial charge in [0.05, 0.1) is 18.8 Å². The molecule has 0 amide bonds. The molecular weight excluding hydrogens is 310 g/mol. The third-order valence-electron chi connectivity index (χ3n) is 4.26. The summed E-state index contributed by atoms with van der Waals surface area (Å²) in [7, 11) is 0. The van der Waals surface area contributed by atoms with Crippen LogP contribution in [0.25, 0.3) is 21.5 Å². The second kappa shape index (κ2) is 7.28. The minimum absolute atomic E-state index is 0. The summed E-state index contributed by atoms with van der Waals surface area (Å²) < 4.78 is 0. The monoisotopic (exact) mass is 331 g/mol. The molecule has 0 saturated heterocycles. The van der Waals surface area contributed by atoms with E-state index in [1.165, 1.54) is 27.1 Å². The third kappa shape index (κ3) is 3.48. The van der Waals surface area contributed by atoms with E-state index in [1.807, 2.05) is 19.1 Å². The van der Waals surface area contributed by atoms with E-state index >= 15 is 0 Å². The van der Waals surface area contributed by atoms with Gasteiger partial charge in [0.1, 0.15) is 0 Å². The summed E-state index contributed by atoms with van der Waals surface area (Å²) in [6, 6.07) is 18.9. The highest BCUT2D eigenvalue weighted by Gasteiger charge is 2.21. The molecule has 122 valence electrons. The first-order valence-electron chi connectivity index (χ1n) is 7.53.